The second kappa shape index (κ2) is 3.50. The zero-order chi connectivity index (χ0) is 9.26. The third kappa shape index (κ3) is 2.31. The fourth-order valence-electron chi connectivity index (χ4n) is 1.94. The Kier molecular flexibility index (Phi) is 2.36. The molecule has 1 saturated heterocycles. The molecule has 0 aromatic carbocycles. The summed E-state index contributed by atoms with van der Waals surface area (Å²) in [6.45, 7) is 2.12. The molecule has 0 aromatic heterocycles. The summed E-state index contributed by atoms with van der Waals surface area (Å²) >= 11 is 0. The molecule has 1 aliphatic carbocycles. The van der Waals surface area contributed by atoms with Crippen LogP contribution in [0.2, 0.25) is 0 Å². The number of aliphatic carboxylic acids is 1. The molecule has 0 amide bonds. The van der Waals surface area contributed by atoms with Gasteiger partial charge in [-0.05, 0) is 25.7 Å². The second-order valence-electron chi connectivity index (χ2n) is 3.91. The van der Waals surface area contributed by atoms with E-state index < -0.39 is 5.97 Å². The van der Waals surface area contributed by atoms with Gasteiger partial charge in [0, 0.05) is 25.2 Å². The van der Waals surface area contributed by atoms with Gasteiger partial charge < -0.3 is 5.11 Å². The van der Waals surface area contributed by atoms with Crippen LogP contribution in [0.1, 0.15) is 25.7 Å². The van der Waals surface area contributed by atoms with Gasteiger partial charge >= 0.3 is 5.97 Å². The Bertz CT molecular complexity index is 233. The van der Waals surface area contributed by atoms with E-state index in [0.29, 0.717) is 0 Å². The summed E-state index contributed by atoms with van der Waals surface area (Å²) < 4.78 is 0. The van der Waals surface area contributed by atoms with Crippen molar-refractivity contribution in [2.24, 2.45) is 0 Å². The summed E-state index contributed by atoms with van der Waals surface area (Å²) in [7, 11) is 0. The lowest BCUT2D eigenvalue weighted by Crippen LogP contribution is -2.32. The van der Waals surface area contributed by atoms with E-state index in [4.69, 9.17) is 5.11 Å². The molecule has 3 heteroatoms. The maximum absolute atomic E-state index is 10.4. The topological polar surface area (TPSA) is 40.5 Å². The lowest BCUT2D eigenvalue weighted by atomic mass is 10.0. The first-order chi connectivity index (χ1) is 6.25. The van der Waals surface area contributed by atoms with Crippen molar-refractivity contribution in [3.05, 3.63) is 11.6 Å². The lowest BCUT2D eigenvalue weighted by molar-refractivity contribution is -0.131. The third-order valence-corrected chi connectivity index (χ3v) is 2.83. The molecule has 0 atom stereocenters. The van der Waals surface area contributed by atoms with Crippen LogP contribution in [0.25, 0.3) is 0 Å². The van der Waals surface area contributed by atoms with Gasteiger partial charge in [0.1, 0.15) is 0 Å². The van der Waals surface area contributed by atoms with Crippen molar-refractivity contribution in [3.63, 3.8) is 0 Å². The van der Waals surface area contributed by atoms with Gasteiger partial charge in [-0.3, -0.25) is 4.90 Å². The Morgan fingerprint density at radius 2 is 2.00 bits per heavy atom. The first-order valence-corrected chi connectivity index (χ1v) is 4.92. The highest BCUT2D eigenvalue weighted by Crippen LogP contribution is 2.30. The van der Waals surface area contributed by atoms with Crippen LogP contribution in [0.4, 0.5) is 0 Å². The number of piperidine rings is 1. The highest BCUT2D eigenvalue weighted by molar-refractivity contribution is 5.80. The smallest absolute Gasteiger partial charge is 0.328 e. The molecule has 1 heterocycles. The zero-order valence-electron chi connectivity index (χ0n) is 7.70. The standard InChI is InChI=1S/C10H15NO2/c12-10(13)7-8-3-5-11(6-4-8)9-1-2-9/h7,9H,1-6H2,(H,12,13). The summed E-state index contributed by atoms with van der Waals surface area (Å²) in [6.07, 6.45) is 5.96. The van der Waals surface area contributed by atoms with Crippen molar-refractivity contribution >= 4 is 5.97 Å². The minimum Gasteiger partial charge on any atom is -0.478 e. The SMILES string of the molecule is O=C(O)C=C1CCN(C2CC2)CC1. The summed E-state index contributed by atoms with van der Waals surface area (Å²) in [4.78, 5) is 12.9. The van der Waals surface area contributed by atoms with Gasteiger partial charge in [0.15, 0.2) is 0 Å². The van der Waals surface area contributed by atoms with E-state index in [1.165, 1.54) is 18.9 Å². The summed E-state index contributed by atoms with van der Waals surface area (Å²) in [5, 5.41) is 8.56. The number of likely N-dealkylation sites (tertiary alicyclic amines) is 1. The Hall–Kier alpha value is -0.830. The van der Waals surface area contributed by atoms with Crippen molar-refractivity contribution in [1.82, 2.24) is 4.90 Å². The van der Waals surface area contributed by atoms with Gasteiger partial charge in [-0.25, -0.2) is 4.79 Å². The van der Waals surface area contributed by atoms with Crippen molar-refractivity contribution in [2.75, 3.05) is 13.1 Å². The molecule has 0 aromatic rings. The Labute approximate surface area is 78.0 Å². The van der Waals surface area contributed by atoms with E-state index in [1.807, 2.05) is 0 Å². The molecule has 1 saturated carbocycles. The molecule has 0 bridgehead atoms. The Balaban J connectivity index is 1.84. The number of hydrogen-bond donors (Lipinski definition) is 1. The van der Waals surface area contributed by atoms with Gasteiger partial charge in [0.25, 0.3) is 0 Å². The molecule has 2 rings (SSSR count). The number of rotatable bonds is 2. The minimum atomic E-state index is -0.796. The fourth-order valence-corrected chi connectivity index (χ4v) is 1.94. The number of carbonyl (C=O) groups is 1. The molecule has 2 fully saturated rings. The normalized spacial score (nSPS) is 24.5. The maximum Gasteiger partial charge on any atom is 0.328 e. The predicted molar refractivity (Wildman–Crippen MR) is 49.5 cm³/mol. The van der Waals surface area contributed by atoms with Crippen molar-refractivity contribution in [3.8, 4) is 0 Å². The van der Waals surface area contributed by atoms with Crippen LogP contribution < -0.4 is 0 Å². The lowest BCUT2D eigenvalue weighted by Gasteiger charge is -2.27. The Morgan fingerprint density at radius 1 is 1.38 bits per heavy atom. The highest BCUT2D eigenvalue weighted by Gasteiger charge is 2.30. The monoisotopic (exact) mass is 181 g/mol. The number of carboxylic acid groups (broad SMARTS) is 1. The molecule has 0 radical (unpaired) electrons. The average molecular weight is 181 g/mol. The molecule has 0 unspecified atom stereocenters. The molecule has 72 valence electrons. The van der Waals surface area contributed by atoms with Gasteiger partial charge in [0.2, 0.25) is 0 Å². The molecule has 0 spiro atoms. The first-order valence-electron chi connectivity index (χ1n) is 4.92. The molecular weight excluding hydrogens is 166 g/mol. The van der Waals surface area contributed by atoms with Gasteiger partial charge in [-0.15, -0.1) is 0 Å². The van der Waals surface area contributed by atoms with E-state index in [2.05, 4.69) is 4.90 Å². The minimum absolute atomic E-state index is 0.796. The van der Waals surface area contributed by atoms with E-state index >= 15 is 0 Å². The zero-order valence-corrected chi connectivity index (χ0v) is 7.70. The van der Waals surface area contributed by atoms with Crippen LogP contribution in [0.15, 0.2) is 11.6 Å². The third-order valence-electron chi connectivity index (χ3n) is 2.83. The van der Waals surface area contributed by atoms with Gasteiger partial charge in [-0.2, -0.15) is 0 Å². The first kappa shape index (κ1) is 8.75. The molecule has 3 nitrogen and oxygen atoms in total. The largest absolute Gasteiger partial charge is 0.478 e. The van der Waals surface area contributed by atoms with Crippen LogP contribution in [-0.4, -0.2) is 35.1 Å². The van der Waals surface area contributed by atoms with E-state index in [1.54, 1.807) is 0 Å². The average Bonchev–Trinajstić information content (AvgIpc) is 2.87. The van der Waals surface area contributed by atoms with Crippen LogP contribution >= 0.6 is 0 Å². The quantitative estimate of drug-likeness (QED) is 0.652. The fraction of sp³-hybridized carbons (Fsp3) is 0.700. The summed E-state index contributed by atoms with van der Waals surface area (Å²) in [5.74, 6) is -0.796. The summed E-state index contributed by atoms with van der Waals surface area (Å²) in [6, 6.07) is 0.825. The number of hydrogen-bond acceptors (Lipinski definition) is 2. The van der Waals surface area contributed by atoms with Crippen LogP contribution in [0.3, 0.4) is 0 Å². The predicted octanol–water partition coefficient (Wildman–Crippen LogP) is 1.26. The van der Waals surface area contributed by atoms with Gasteiger partial charge in [0.05, 0.1) is 0 Å². The number of nitrogens with zero attached hydrogens (tertiary/aromatic N) is 1. The molecule has 1 aliphatic heterocycles. The van der Waals surface area contributed by atoms with Gasteiger partial charge in [-0.1, -0.05) is 5.57 Å². The van der Waals surface area contributed by atoms with Crippen molar-refractivity contribution in [1.29, 1.82) is 0 Å². The van der Waals surface area contributed by atoms with E-state index in [0.717, 1.165) is 37.5 Å². The molecule has 1 N–H and O–H groups in total. The second-order valence-corrected chi connectivity index (χ2v) is 3.91. The van der Waals surface area contributed by atoms with Crippen LogP contribution in [0.5, 0.6) is 0 Å². The van der Waals surface area contributed by atoms with Crippen molar-refractivity contribution in [2.45, 2.75) is 31.7 Å². The molecule has 13 heavy (non-hydrogen) atoms. The van der Waals surface area contributed by atoms with Crippen molar-refractivity contribution < 1.29 is 9.90 Å². The van der Waals surface area contributed by atoms with Crippen LogP contribution in [-0.2, 0) is 4.79 Å². The molecule has 2 aliphatic rings. The summed E-state index contributed by atoms with van der Waals surface area (Å²) in [5.41, 5.74) is 1.10. The highest BCUT2D eigenvalue weighted by atomic mass is 16.4. The maximum atomic E-state index is 10.4. The van der Waals surface area contributed by atoms with Crippen LogP contribution in [0, 0.1) is 0 Å². The van der Waals surface area contributed by atoms with E-state index in [9.17, 15) is 4.79 Å². The van der Waals surface area contributed by atoms with E-state index in [-0.39, 0.29) is 0 Å². The molecular formula is C10H15NO2. The number of carboxylic acids is 1. The Morgan fingerprint density at radius 3 is 2.46 bits per heavy atom.